The fraction of sp³-hybridized carbons (Fsp3) is 0.471. The molecule has 26 heavy (non-hydrogen) atoms. The van der Waals surface area contributed by atoms with E-state index in [-0.39, 0.29) is 17.4 Å². The number of allylic oxidation sites excluding steroid dienone is 1. The maximum Gasteiger partial charge on any atom is 0.271 e. The lowest BCUT2D eigenvalue weighted by atomic mass is 10.1. The summed E-state index contributed by atoms with van der Waals surface area (Å²) in [6, 6.07) is 0. The lowest BCUT2D eigenvalue weighted by molar-refractivity contribution is -0.126. The SMILES string of the molecule is C=C(C=N)Nc1nc(N2CCCCC2)cnc1C(N)=O.CC(=O)N(C)C. The topological polar surface area (TPSA) is 128 Å². The molecule has 2 heterocycles. The summed E-state index contributed by atoms with van der Waals surface area (Å²) >= 11 is 0. The summed E-state index contributed by atoms with van der Waals surface area (Å²) in [6.07, 6.45) is 6.06. The number of carbonyl (C=O) groups excluding carboxylic acids is 2. The molecule has 1 saturated heterocycles. The summed E-state index contributed by atoms with van der Waals surface area (Å²) in [7, 11) is 3.45. The van der Waals surface area contributed by atoms with E-state index in [0.29, 0.717) is 11.5 Å². The zero-order chi connectivity index (χ0) is 19.7. The summed E-state index contributed by atoms with van der Waals surface area (Å²) in [6.45, 7) is 7.00. The quantitative estimate of drug-likeness (QED) is 0.677. The number of carbonyl (C=O) groups is 2. The number of aromatic nitrogens is 2. The van der Waals surface area contributed by atoms with Crippen LogP contribution in [0.15, 0.2) is 18.5 Å². The number of piperidine rings is 1. The van der Waals surface area contributed by atoms with E-state index in [1.807, 2.05) is 0 Å². The van der Waals surface area contributed by atoms with E-state index in [1.54, 1.807) is 20.3 Å². The van der Waals surface area contributed by atoms with Crippen LogP contribution < -0.4 is 16.0 Å². The van der Waals surface area contributed by atoms with Crippen molar-refractivity contribution in [1.82, 2.24) is 14.9 Å². The number of rotatable bonds is 5. The van der Waals surface area contributed by atoms with Gasteiger partial charge in [-0.05, 0) is 19.3 Å². The van der Waals surface area contributed by atoms with Crippen LogP contribution in [0.3, 0.4) is 0 Å². The van der Waals surface area contributed by atoms with E-state index in [2.05, 4.69) is 26.8 Å². The Morgan fingerprint density at radius 3 is 2.38 bits per heavy atom. The van der Waals surface area contributed by atoms with Gasteiger partial charge in [0.25, 0.3) is 5.91 Å². The average molecular weight is 361 g/mol. The van der Waals surface area contributed by atoms with Gasteiger partial charge in [0.05, 0.1) is 11.9 Å². The van der Waals surface area contributed by atoms with E-state index < -0.39 is 5.91 Å². The number of anilines is 2. The van der Waals surface area contributed by atoms with Crippen LogP contribution in [-0.2, 0) is 4.79 Å². The molecular weight excluding hydrogens is 334 g/mol. The van der Waals surface area contributed by atoms with Gasteiger partial charge in [0.15, 0.2) is 11.5 Å². The maximum atomic E-state index is 11.4. The minimum absolute atomic E-state index is 0.0498. The number of nitrogens with two attached hydrogens (primary N) is 1. The van der Waals surface area contributed by atoms with Crippen molar-refractivity contribution >= 4 is 29.7 Å². The summed E-state index contributed by atoms with van der Waals surface area (Å²) in [4.78, 5) is 33.6. The van der Waals surface area contributed by atoms with Crippen LogP contribution >= 0.6 is 0 Å². The first-order valence-electron chi connectivity index (χ1n) is 8.32. The van der Waals surface area contributed by atoms with E-state index in [4.69, 9.17) is 11.1 Å². The van der Waals surface area contributed by atoms with Crippen molar-refractivity contribution in [3.63, 3.8) is 0 Å². The highest BCUT2D eigenvalue weighted by atomic mass is 16.2. The largest absolute Gasteiger partial charge is 0.364 e. The molecule has 0 aliphatic carbocycles. The van der Waals surface area contributed by atoms with Gasteiger partial charge in [-0.2, -0.15) is 0 Å². The summed E-state index contributed by atoms with van der Waals surface area (Å²) in [5.41, 5.74) is 5.65. The van der Waals surface area contributed by atoms with E-state index in [9.17, 15) is 9.59 Å². The molecule has 142 valence electrons. The van der Waals surface area contributed by atoms with Gasteiger partial charge in [0.2, 0.25) is 5.91 Å². The van der Waals surface area contributed by atoms with Crippen LogP contribution in [0.1, 0.15) is 36.7 Å². The van der Waals surface area contributed by atoms with Gasteiger partial charge in [-0.3, -0.25) is 9.59 Å². The first-order valence-corrected chi connectivity index (χ1v) is 8.32. The van der Waals surface area contributed by atoms with Crippen molar-refractivity contribution in [3.05, 3.63) is 24.2 Å². The summed E-state index contributed by atoms with van der Waals surface area (Å²) in [5.74, 6) is 0.377. The Balaban J connectivity index is 0.000000487. The molecule has 1 aromatic rings. The molecule has 4 N–H and O–H groups in total. The van der Waals surface area contributed by atoms with Gasteiger partial charge < -0.3 is 26.3 Å². The lowest BCUT2D eigenvalue weighted by Crippen LogP contribution is -2.31. The predicted molar refractivity (Wildman–Crippen MR) is 103 cm³/mol. The van der Waals surface area contributed by atoms with Crippen LogP contribution in [0.4, 0.5) is 11.6 Å². The van der Waals surface area contributed by atoms with Gasteiger partial charge in [-0.1, -0.05) is 6.58 Å². The molecule has 1 fully saturated rings. The molecule has 0 unspecified atom stereocenters. The van der Waals surface area contributed by atoms with Gasteiger partial charge in [-0.25, -0.2) is 9.97 Å². The van der Waals surface area contributed by atoms with Crippen molar-refractivity contribution in [3.8, 4) is 0 Å². The average Bonchev–Trinajstić information content (AvgIpc) is 2.62. The highest BCUT2D eigenvalue weighted by molar-refractivity contribution is 5.96. The minimum atomic E-state index is -0.664. The third-order valence-corrected chi connectivity index (χ3v) is 3.76. The second-order valence-electron chi connectivity index (χ2n) is 6.05. The number of amides is 2. The van der Waals surface area contributed by atoms with E-state index in [0.717, 1.165) is 32.1 Å². The summed E-state index contributed by atoms with van der Waals surface area (Å²) in [5, 5.41) is 9.91. The lowest BCUT2D eigenvalue weighted by Gasteiger charge is -2.27. The normalized spacial score (nSPS) is 13.1. The maximum absolute atomic E-state index is 11.4. The van der Waals surface area contributed by atoms with Crippen molar-refractivity contribution in [2.75, 3.05) is 37.4 Å². The third-order valence-electron chi connectivity index (χ3n) is 3.76. The van der Waals surface area contributed by atoms with Crippen molar-refractivity contribution in [2.24, 2.45) is 5.73 Å². The van der Waals surface area contributed by atoms with Crippen LogP contribution in [0.2, 0.25) is 0 Å². The zero-order valence-corrected chi connectivity index (χ0v) is 15.6. The molecule has 9 heteroatoms. The number of nitrogens with zero attached hydrogens (tertiary/aromatic N) is 4. The van der Waals surface area contributed by atoms with Gasteiger partial charge in [0.1, 0.15) is 5.82 Å². The standard InChI is InChI=1S/C13H18N6O.C4H9NO/c1-9(7-14)17-13-11(12(15)20)16-8-10(18-13)19-5-3-2-4-6-19;1-4(6)5(2)3/h7-8,14H,1-6H2,(H2,15,20)(H,17,18);1-3H3. The van der Waals surface area contributed by atoms with Gasteiger partial charge >= 0.3 is 0 Å². The Morgan fingerprint density at radius 2 is 1.92 bits per heavy atom. The molecule has 0 radical (unpaired) electrons. The molecule has 0 spiro atoms. The monoisotopic (exact) mass is 361 g/mol. The van der Waals surface area contributed by atoms with Crippen molar-refractivity contribution in [1.29, 1.82) is 5.41 Å². The first-order chi connectivity index (χ1) is 12.3. The Morgan fingerprint density at radius 1 is 1.35 bits per heavy atom. The Labute approximate surface area is 153 Å². The number of hydrogen-bond donors (Lipinski definition) is 3. The number of hydrogen-bond acceptors (Lipinski definition) is 7. The van der Waals surface area contributed by atoms with Crippen molar-refractivity contribution < 1.29 is 9.59 Å². The van der Waals surface area contributed by atoms with Crippen LogP contribution in [0, 0.1) is 5.41 Å². The Hall–Kier alpha value is -2.97. The smallest absolute Gasteiger partial charge is 0.271 e. The highest BCUT2D eigenvalue weighted by Crippen LogP contribution is 2.20. The van der Waals surface area contributed by atoms with E-state index in [1.165, 1.54) is 18.2 Å². The molecule has 1 aromatic heterocycles. The minimum Gasteiger partial charge on any atom is -0.364 e. The fourth-order valence-electron chi connectivity index (χ4n) is 2.11. The van der Waals surface area contributed by atoms with Crippen molar-refractivity contribution in [2.45, 2.75) is 26.2 Å². The second-order valence-corrected chi connectivity index (χ2v) is 6.05. The number of primary amides is 1. The molecule has 0 aromatic carbocycles. The highest BCUT2D eigenvalue weighted by Gasteiger charge is 2.17. The molecule has 1 aliphatic rings. The Kier molecular flexibility index (Phi) is 8.20. The molecule has 0 atom stereocenters. The van der Waals surface area contributed by atoms with Gasteiger partial charge in [0, 0.05) is 40.3 Å². The predicted octanol–water partition coefficient (Wildman–Crippen LogP) is 1.24. The summed E-state index contributed by atoms with van der Waals surface area (Å²) < 4.78 is 0. The van der Waals surface area contributed by atoms with E-state index >= 15 is 0 Å². The number of nitrogens with one attached hydrogen (secondary N) is 2. The molecule has 2 rings (SSSR count). The molecular formula is C17H27N7O2. The molecule has 2 amide bonds. The van der Waals surface area contributed by atoms with Gasteiger partial charge in [-0.15, -0.1) is 0 Å². The molecule has 9 nitrogen and oxygen atoms in total. The van der Waals surface area contributed by atoms with Crippen LogP contribution in [0.5, 0.6) is 0 Å². The first kappa shape index (κ1) is 21.1. The molecule has 0 bridgehead atoms. The zero-order valence-electron chi connectivity index (χ0n) is 15.6. The third kappa shape index (κ3) is 6.50. The molecule has 0 saturated carbocycles. The fourth-order valence-corrected chi connectivity index (χ4v) is 2.11. The Bertz CT molecular complexity index is 667. The molecule has 1 aliphatic heterocycles. The van der Waals surface area contributed by atoms with Crippen LogP contribution in [0.25, 0.3) is 0 Å². The van der Waals surface area contributed by atoms with Crippen LogP contribution in [-0.4, -0.2) is 60.1 Å². The second kappa shape index (κ2) is 10.1.